The van der Waals surface area contributed by atoms with Gasteiger partial charge in [0.05, 0.1) is 5.51 Å². The molecule has 1 aromatic rings. The topological polar surface area (TPSA) is 82.5 Å². The Kier molecular flexibility index (Phi) is 4.68. The summed E-state index contributed by atoms with van der Waals surface area (Å²) in [7, 11) is -3.45. The molecule has 0 amide bonds. The fraction of sp³-hybridized carbons (Fsp3) is 0.700. The van der Waals surface area contributed by atoms with Crippen molar-refractivity contribution in [2.75, 3.05) is 19.7 Å². The third-order valence-electron chi connectivity index (χ3n) is 2.99. The van der Waals surface area contributed by atoms with E-state index >= 15 is 0 Å². The van der Waals surface area contributed by atoms with Crippen molar-refractivity contribution in [1.82, 2.24) is 14.0 Å². The highest BCUT2D eigenvalue weighted by Gasteiger charge is 2.28. The van der Waals surface area contributed by atoms with E-state index in [1.807, 2.05) is 0 Å². The monoisotopic (exact) mass is 291 g/mol. The molecule has 1 aromatic heterocycles. The van der Waals surface area contributed by atoms with Crippen LogP contribution in [0.2, 0.25) is 0 Å². The van der Waals surface area contributed by atoms with Crippen LogP contribution in [0.4, 0.5) is 0 Å². The van der Waals surface area contributed by atoms with Crippen molar-refractivity contribution in [3.8, 4) is 0 Å². The normalized spacial score (nSPS) is 22.2. The maximum Gasteiger partial charge on any atom is 0.279 e. The molecule has 0 aliphatic carbocycles. The minimum absolute atomic E-state index is 0.0425. The molecule has 1 aliphatic heterocycles. The average Bonchev–Trinajstić information content (AvgIpc) is 2.90. The summed E-state index contributed by atoms with van der Waals surface area (Å²) in [5.41, 5.74) is 1.67. The molecule has 0 radical (unpaired) electrons. The summed E-state index contributed by atoms with van der Waals surface area (Å²) >= 11 is 1.42. The van der Waals surface area contributed by atoms with Crippen LogP contribution >= 0.6 is 11.3 Å². The number of aromatic nitrogens is 1. The molecule has 0 spiro atoms. The van der Waals surface area contributed by atoms with Crippen LogP contribution < -0.4 is 4.72 Å². The first-order valence-electron chi connectivity index (χ1n) is 5.85. The van der Waals surface area contributed by atoms with Gasteiger partial charge in [-0.1, -0.05) is 0 Å². The Morgan fingerprint density at radius 2 is 2.44 bits per heavy atom. The van der Waals surface area contributed by atoms with Crippen LogP contribution in [0.1, 0.15) is 17.7 Å². The van der Waals surface area contributed by atoms with Crippen molar-refractivity contribution in [2.45, 2.75) is 19.4 Å². The number of rotatable bonds is 5. The van der Waals surface area contributed by atoms with Crippen molar-refractivity contribution in [1.29, 1.82) is 0 Å². The molecule has 2 rings (SSSR count). The van der Waals surface area contributed by atoms with Gasteiger partial charge in [-0.05, 0) is 18.8 Å². The van der Waals surface area contributed by atoms with Gasteiger partial charge < -0.3 is 5.11 Å². The lowest BCUT2D eigenvalue weighted by Crippen LogP contribution is -2.46. The summed E-state index contributed by atoms with van der Waals surface area (Å²) in [5.74, 6) is 0.0544. The van der Waals surface area contributed by atoms with Crippen molar-refractivity contribution in [2.24, 2.45) is 5.92 Å². The molecule has 8 heteroatoms. The summed E-state index contributed by atoms with van der Waals surface area (Å²) in [6.45, 7) is 1.23. The summed E-state index contributed by atoms with van der Waals surface area (Å²) in [4.78, 5) is 4.78. The van der Waals surface area contributed by atoms with Crippen LogP contribution in [-0.4, -0.2) is 42.5 Å². The second-order valence-corrected chi connectivity index (χ2v) is 7.07. The maximum atomic E-state index is 12.1. The average molecular weight is 291 g/mol. The Labute approximate surface area is 111 Å². The quantitative estimate of drug-likeness (QED) is 0.811. The predicted molar refractivity (Wildman–Crippen MR) is 69.3 cm³/mol. The Balaban J connectivity index is 1.93. The van der Waals surface area contributed by atoms with E-state index in [9.17, 15) is 8.42 Å². The number of hydrogen-bond acceptors (Lipinski definition) is 5. The first-order valence-corrected chi connectivity index (χ1v) is 8.17. The molecule has 1 fully saturated rings. The SMILES string of the molecule is O=S(=O)(NCc1cncs1)N1CCCC(CO)C1. The first kappa shape index (κ1) is 13.9. The van der Waals surface area contributed by atoms with Crippen molar-refractivity contribution in [3.05, 3.63) is 16.6 Å². The second kappa shape index (κ2) is 6.07. The lowest BCUT2D eigenvalue weighted by Gasteiger charge is -2.30. The number of aliphatic hydroxyl groups excluding tert-OH is 1. The number of nitrogens with zero attached hydrogens (tertiary/aromatic N) is 2. The summed E-state index contributed by atoms with van der Waals surface area (Å²) < 4.78 is 28.1. The number of aliphatic hydroxyl groups is 1. The molecule has 1 aliphatic rings. The Hall–Kier alpha value is -0.540. The lowest BCUT2D eigenvalue weighted by molar-refractivity contribution is 0.164. The van der Waals surface area contributed by atoms with Crippen LogP contribution in [0, 0.1) is 5.92 Å². The van der Waals surface area contributed by atoms with Gasteiger partial charge in [0.1, 0.15) is 0 Å². The Morgan fingerprint density at radius 3 is 3.11 bits per heavy atom. The summed E-state index contributed by atoms with van der Waals surface area (Å²) in [6.07, 6.45) is 3.34. The summed E-state index contributed by atoms with van der Waals surface area (Å²) in [6, 6.07) is 0. The van der Waals surface area contributed by atoms with Crippen LogP contribution in [-0.2, 0) is 16.8 Å². The van der Waals surface area contributed by atoms with Gasteiger partial charge >= 0.3 is 0 Å². The standard InChI is InChI=1S/C10H17N3O3S2/c14-7-9-2-1-3-13(6-9)18(15,16)12-5-10-4-11-8-17-10/h4,8-9,12,14H,1-3,5-7H2. The van der Waals surface area contributed by atoms with Gasteiger partial charge in [0, 0.05) is 37.3 Å². The van der Waals surface area contributed by atoms with E-state index in [0.717, 1.165) is 17.7 Å². The zero-order chi connectivity index (χ0) is 13.0. The predicted octanol–water partition coefficient (Wildman–Crippen LogP) is 0.182. The zero-order valence-electron chi connectivity index (χ0n) is 9.95. The minimum Gasteiger partial charge on any atom is -0.396 e. The van der Waals surface area contributed by atoms with E-state index in [1.165, 1.54) is 15.6 Å². The Bertz CT molecular complexity index is 461. The first-order chi connectivity index (χ1) is 8.62. The number of hydrogen-bond donors (Lipinski definition) is 2. The molecule has 1 unspecified atom stereocenters. The third-order valence-corrected chi connectivity index (χ3v) is 5.29. The van der Waals surface area contributed by atoms with E-state index in [2.05, 4.69) is 9.71 Å². The fourth-order valence-corrected chi connectivity index (χ4v) is 3.90. The third kappa shape index (κ3) is 3.48. The van der Waals surface area contributed by atoms with Crippen LogP contribution in [0.3, 0.4) is 0 Å². The molecule has 2 heterocycles. The molecule has 0 bridgehead atoms. The van der Waals surface area contributed by atoms with E-state index in [-0.39, 0.29) is 19.1 Å². The molecule has 0 saturated carbocycles. The molecule has 1 atom stereocenters. The van der Waals surface area contributed by atoms with Crippen molar-refractivity contribution in [3.63, 3.8) is 0 Å². The highest BCUT2D eigenvalue weighted by molar-refractivity contribution is 7.87. The van der Waals surface area contributed by atoms with Crippen LogP contribution in [0.5, 0.6) is 0 Å². The maximum absolute atomic E-state index is 12.1. The van der Waals surface area contributed by atoms with Gasteiger partial charge in [-0.2, -0.15) is 17.4 Å². The van der Waals surface area contributed by atoms with Crippen LogP contribution in [0.25, 0.3) is 0 Å². The molecule has 18 heavy (non-hydrogen) atoms. The zero-order valence-corrected chi connectivity index (χ0v) is 11.6. The van der Waals surface area contributed by atoms with Crippen molar-refractivity contribution < 1.29 is 13.5 Å². The summed E-state index contributed by atoms with van der Waals surface area (Å²) in [5, 5.41) is 9.11. The van der Waals surface area contributed by atoms with Gasteiger partial charge in [0.15, 0.2) is 0 Å². The van der Waals surface area contributed by atoms with E-state index in [4.69, 9.17) is 5.11 Å². The minimum atomic E-state index is -3.45. The Morgan fingerprint density at radius 1 is 1.61 bits per heavy atom. The van der Waals surface area contributed by atoms with Gasteiger partial charge in [0.2, 0.25) is 0 Å². The smallest absolute Gasteiger partial charge is 0.279 e. The fourth-order valence-electron chi connectivity index (χ4n) is 1.98. The number of nitrogens with one attached hydrogen (secondary N) is 1. The highest BCUT2D eigenvalue weighted by Crippen LogP contribution is 2.18. The van der Waals surface area contributed by atoms with E-state index in [0.29, 0.717) is 13.1 Å². The molecular formula is C10H17N3O3S2. The van der Waals surface area contributed by atoms with Gasteiger partial charge in [0.25, 0.3) is 10.2 Å². The second-order valence-electron chi connectivity index (χ2n) is 4.34. The molecule has 2 N–H and O–H groups in total. The largest absolute Gasteiger partial charge is 0.396 e. The van der Waals surface area contributed by atoms with Crippen molar-refractivity contribution >= 4 is 21.5 Å². The molecule has 102 valence electrons. The molecule has 1 saturated heterocycles. The molecular weight excluding hydrogens is 274 g/mol. The van der Waals surface area contributed by atoms with Gasteiger partial charge in [-0.25, -0.2) is 0 Å². The highest BCUT2D eigenvalue weighted by atomic mass is 32.2. The van der Waals surface area contributed by atoms with E-state index < -0.39 is 10.2 Å². The van der Waals surface area contributed by atoms with Gasteiger partial charge in [-0.15, -0.1) is 11.3 Å². The van der Waals surface area contributed by atoms with Crippen LogP contribution in [0.15, 0.2) is 11.7 Å². The lowest BCUT2D eigenvalue weighted by atomic mass is 10.0. The number of thiazole rings is 1. The van der Waals surface area contributed by atoms with Gasteiger partial charge in [-0.3, -0.25) is 4.98 Å². The molecule has 6 nitrogen and oxygen atoms in total. The number of piperidine rings is 1. The van der Waals surface area contributed by atoms with E-state index in [1.54, 1.807) is 11.7 Å². The molecule has 0 aromatic carbocycles.